The SMILES string of the molecule is C1=CC2C3CC2C2CC3C12. The van der Waals surface area contributed by atoms with Crippen molar-refractivity contribution in [1.29, 1.82) is 0 Å². The van der Waals surface area contributed by atoms with Crippen LogP contribution in [0.1, 0.15) is 12.8 Å². The quantitative estimate of drug-likeness (QED) is 0.443. The number of hydrogen-bond acceptors (Lipinski definition) is 0. The topological polar surface area (TPSA) is 0 Å². The second kappa shape index (κ2) is 1.11. The van der Waals surface area contributed by atoms with E-state index in [2.05, 4.69) is 12.2 Å². The van der Waals surface area contributed by atoms with Crippen molar-refractivity contribution in [2.75, 3.05) is 0 Å². The van der Waals surface area contributed by atoms with Crippen molar-refractivity contribution in [3.8, 4) is 0 Å². The first kappa shape index (κ1) is 4.58. The lowest BCUT2D eigenvalue weighted by Gasteiger charge is -2.70. The van der Waals surface area contributed by atoms with Crippen molar-refractivity contribution < 1.29 is 0 Å². The second-order valence-corrected chi connectivity index (χ2v) is 4.67. The van der Waals surface area contributed by atoms with E-state index in [-0.39, 0.29) is 0 Å². The Morgan fingerprint density at radius 2 is 1.10 bits per heavy atom. The molecule has 0 saturated heterocycles. The molecule has 4 unspecified atom stereocenters. The summed E-state index contributed by atoms with van der Waals surface area (Å²) in [4.78, 5) is 0. The van der Waals surface area contributed by atoms with E-state index in [0.717, 1.165) is 35.5 Å². The normalized spacial score (nSPS) is 72.8. The van der Waals surface area contributed by atoms with Gasteiger partial charge in [-0.2, -0.15) is 0 Å². The first-order chi connectivity index (χ1) is 4.95. The van der Waals surface area contributed by atoms with E-state index in [1.807, 2.05) is 0 Å². The van der Waals surface area contributed by atoms with Gasteiger partial charge in [0.15, 0.2) is 0 Å². The summed E-state index contributed by atoms with van der Waals surface area (Å²) >= 11 is 0. The van der Waals surface area contributed by atoms with Crippen molar-refractivity contribution in [1.82, 2.24) is 0 Å². The number of rotatable bonds is 0. The van der Waals surface area contributed by atoms with Gasteiger partial charge >= 0.3 is 0 Å². The van der Waals surface area contributed by atoms with Gasteiger partial charge in [0.05, 0.1) is 0 Å². The van der Waals surface area contributed by atoms with E-state index >= 15 is 0 Å². The average Bonchev–Trinajstić information content (AvgIpc) is 1.94. The summed E-state index contributed by atoms with van der Waals surface area (Å²) in [5, 5.41) is 0. The third-order valence-electron chi connectivity index (χ3n) is 4.72. The molecular formula is C10H12. The molecule has 10 heavy (non-hydrogen) atoms. The van der Waals surface area contributed by atoms with Crippen LogP contribution in [0.2, 0.25) is 0 Å². The molecule has 0 heteroatoms. The zero-order valence-electron chi connectivity index (χ0n) is 6.03. The zero-order valence-corrected chi connectivity index (χ0v) is 6.03. The Bertz CT molecular complexity index is 188. The molecule has 0 aromatic heterocycles. The predicted octanol–water partition coefficient (Wildman–Crippen LogP) is 2.07. The fourth-order valence-corrected chi connectivity index (χ4v) is 4.17. The molecule has 0 aliphatic heterocycles. The molecule has 52 valence electrons. The van der Waals surface area contributed by atoms with Crippen LogP contribution in [0.3, 0.4) is 0 Å². The molecule has 0 radical (unpaired) electrons. The lowest BCUT2D eigenvalue weighted by Crippen LogP contribution is -2.64. The van der Waals surface area contributed by atoms with Gasteiger partial charge in [-0.1, -0.05) is 12.2 Å². The minimum Gasteiger partial charge on any atom is -0.0845 e. The molecular weight excluding hydrogens is 120 g/mol. The minimum atomic E-state index is 1.06. The summed E-state index contributed by atoms with van der Waals surface area (Å²) < 4.78 is 0. The van der Waals surface area contributed by atoms with Gasteiger partial charge in [-0.3, -0.25) is 0 Å². The molecule has 6 bridgehead atoms. The molecule has 5 aliphatic carbocycles. The molecule has 0 spiro atoms. The molecule has 0 N–H and O–H groups in total. The Morgan fingerprint density at radius 3 is 1.40 bits per heavy atom. The van der Waals surface area contributed by atoms with Gasteiger partial charge in [0, 0.05) is 0 Å². The fraction of sp³-hybridized carbons (Fsp3) is 0.800. The highest BCUT2D eigenvalue weighted by Gasteiger charge is 2.65. The van der Waals surface area contributed by atoms with Crippen LogP contribution in [0.25, 0.3) is 0 Å². The summed E-state index contributed by atoms with van der Waals surface area (Å²) in [6.07, 6.45) is 8.24. The smallest absolute Gasteiger partial charge is 0.0171 e. The first-order valence-corrected chi connectivity index (χ1v) is 4.63. The first-order valence-electron chi connectivity index (χ1n) is 4.63. The van der Waals surface area contributed by atoms with Gasteiger partial charge in [0.1, 0.15) is 0 Å². The summed E-state index contributed by atoms with van der Waals surface area (Å²) in [6, 6.07) is 0. The molecule has 3 fully saturated rings. The highest BCUT2D eigenvalue weighted by molar-refractivity contribution is 5.25. The van der Waals surface area contributed by atoms with Gasteiger partial charge in [-0.05, 0) is 48.3 Å². The summed E-state index contributed by atoms with van der Waals surface area (Å²) in [6.45, 7) is 0. The largest absolute Gasteiger partial charge is 0.0845 e. The van der Waals surface area contributed by atoms with Gasteiger partial charge in [-0.15, -0.1) is 0 Å². The van der Waals surface area contributed by atoms with Crippen LogP contribution < -0.4 is 0 Å². The number of allylic oxidation sites excluding steroid dienone is 2. The predicted molar refractivity (Wildman–Crippen MR) is 39.3 cm³/mol. The van der Waals surface area contributed by atoms with Crippen molar-refractivity contribution in [2.24, 2.45) is 35.5 Å². The third kappa shape index (κ3) is 0.260. The molecule has 0 amide bonds. The van der Waals surface area contributed by atoms with E-state index in [1.165, 1.54) is 0 Å². The Kier molecular flexibility index (Phi) is 0.508. The van der Waals surface area contributed by atoms with E-state index < -0.39 is 0 Å². The molecule has 0 nitrogen and oxygen atoms in total. The molecule has 0 aromatic carbocycles. The lowest BCUT2D eigenvalue weighted by atomic mass is 9.34. The van der Waals surface area contributed by atoms with E-state index in [4.69, 9.17) is 0 Å². The van der Waals surface area contributed by atoms with Crippen LogP contribution in [0.15, 0.2) is 12.2 Å². The van der Waals surface area contributed by atoms with Crippen LogP contribution in [-0.4, -0.2) is 0 Å². The zero-order chi connectivity index (χ0) is 6.29. The van der Waals surface area contributed by atoms with Crippen LogP contribution in [0.5, 0.6) is 0 Å². The van der Waals surface area contributed by atoms with Gasteiger partial charge in [-0.25, -0.2) is 0 Å². The lowest BCUT2D eigenvalue weighted by molar-refractivity contribution is -0.184. The average molecular weight is 132 g/mol. The fourth-order valence-electron chi connectivity index (χ4n) is 4.17. The molecule has 3 saturated carbocycles. The highest BCUT2D eigenvalue weighted by atomic mass is 14.7. The van der Waals surface area contributed by atoms with Crippen LogP contribution in [-0.2, 0) is 0 Å². The molecule has 5 rings (SSSR count). The molecule has 0 aromatic rings. The minimum absolute atomic E-state index is 1.06. The monoisotopic (exact) mass is 132 g/mol. The summed E-state index contributed by atoms with van der Waals surface area (Å²) in [5.41, 5.74) is 0. The number of hydrogen-bond donors (Lipinski definition) is 0. The van der Waals surface area contributed by atoms with Gasteiger partial charge < -0.3 is 0 Å². The van der Waals surface area contributed by atoms with Crippen LogP contribution in [0, 0.1) is 35.5 Å². The van der Waals surface area contributed by atoms with E-state index in [1.54, 1.807) is 12.8 Å². The molecule has 5 aliphatic rings. The maximum absolute atomic E-state index is 2.52. The van der Waals surface area contributed by atoms with Crippen LogP contribution in [0.4, 0.5) is 0 Å². The van der Waals surface area contributed by atoms with Gasteiger partial charge in [0.2, 0.25) is 0 Å². The van der Waals surface area contributed by atoms with Crippen LogP contribution >= 0.6 is 0 Å². The highest BCUT2D eigenvalue weighted by Crippen LogP contribution is 2.71. The molecule has 4 atom stereocenters. The van der Waals surface area contributed by atoms with Crippen molar-refractivity contribution >= 4 is 0 Å². The standard InChI is InChI=1S/C10H12/c1-2-6-9-4-10(6)8-3-7(9)5(1)8/h1-2,5-10H,3-4H2. The van der Waals surface area contributed by atoms with E-state index in [0.29, 0.717) is 0 Å². The maximum Gasteiger partial charge on any atom is -0.0171 e. The van der Waals surface area contributed by atoms with Crippen molar-refractivity contribution in [2.45, 2.75) is 12.8 Å². The Hall–Kier alpha value is -0.260. The Labute approximate surface area is 61.3 Å². The Balaban J connectivity index is 1.96. The van der Waals surface area contributed by atoms with Crippen molar-refractivity contribution in [3.63, 3.8) is 0 Å². The van der Waals surface area contributed by atoms with Crippen molar-refractivity contribution in [3.05, 3.63) is 12.2 Å². The third-order valence-corrected chi connectivity index (χ3v) is 4.72. The van der Waals surface area contributed by atoms with Gasteiger partial charge in [0.25, 0.3) is 0 Å². The molecule has 0 heterocycles. The summed E-state index contributed by atoms with van der Waals surface area (Å²) in [7, 11) is 0. The maximum atomic E-state index is 2.52. The summed E-state index contributed by atoms with van der Waals surface area (Å²) in [5.74, 6) is 6.76. The van der Waals surface area contributed by atoms with E-state index in [9.17, 15) is 0 Å². The Morgan fingerprint density at radius 1 is 0.700 bits per heavy atom. The second-order valence-electron chi connectivity index (χ2n) is 4.67.